The summed E-state index contributed by atoms with van der Waals surface area (Å²) in [7, 11) is 0. The van der Waals surface area contributed by atoms with Crippen LogP contribution in [0.2, 0.25) is 0 Å². The molecule has 6 heteroatoms. The first-order valence-corrected chi connectivity index (χ1v) is 7.89. The first-order chi connectivity index (χ1) is 10.5. The van der Waals surface area contributed by atoms with Crippen molar-refractivity contribution in [2.45, 2.75) is 20.8 Å². The maximum Gasteiger partial charge on any atom is 0.269 e. The van der Waals surface area contributed by atoms with Crippen molar-refractivity contribution in [2.24, 2.45) is 5.92 Å². The van der Waals surface area contributed by atoms with E-state index in [1.807, 2.05) is 25.1 Å². The van der Waals surface area contributed by atoms with Crippen LogP contribution in [0.3, 0.4) is 0 Å². The number of aryl methyl sites for hydroxylation is 1. The molecule has 2 rings (SSSR count). The van der Waals surface area contributed by atoms with Crippen molar-refractivity contribution in [3.8, 4) is 0 Å². The Morgan fingerprint density at radius 2 is 2.00 bits per heavy atom. The summed E-state index contributed by atoms with van der Waals surface area (Å²) < 4.78 is 0.743. The Balaban J connectivity index is 2.27. The number of anilines is 1. The Morgan fingerprint density at radius 1 is 1.32 bits per heavy atom. The van der Waals surface area contributed by atoms with Crippen molar-refractivity contribution in [2.75, 3.05) is 11.6 Å². The molecular formula is C16H19BrN4O. The number of carbonyl (C=O) groups excluding carboxylic acids is 1. The van der Waals surface area contributed by atoms with Crippen LogP contribution in [0, 0.1) is 12.8 Å². The third-order valence-electron chi connectivity index (χ3n) is 2.92. The van der Waals surface area contributed by atoms with Gasteiger partial charge in [-0.25, -0.2) is 9.97 Å². The predicted molar refractivity (Wildman–Crippen MR) is 90.6 cm³/mol. The van der Waals surface area contributed by atoms with Crippen molar-refractivity contribution in [3.63, 3.8) is 0 Å². The highest BCUT2D eigenvalue weighted by Gasteiger charge is 2.17. The predicted octanol–water partition coefficient (Wildman–Crippen LogP) is 3.35. The van der Waals surface area contributed by atoms with Gasteiger partial charge in [0.1, 0.15) is 5.82 Å². The fourth-order valence-corrected chi connectivity index (χ4v) is 2.36. The zero-order chi connectivity index (χ0) is 16.1. The maximum absolute atomic E-state index is 12.4. The van der Waals surface area contributed by atoms with Crippen LogP contribution in [0.5, 0.6) is 0 Å². The summed E-state index contributed by atoms with van der Waals surface area (Å²) in [5.74, 6) is 1.51. The summed E-state index contributed by atoms with van der Waals surface area (Å²) in [6.07, 6.45) is 1.69. The number of rotatable bonds is 5. The summed E-state index contributed by atoms with van der Waals surface area (Å²) in [4.78, 5) is 21.0. The fraction of sp³-hybridized carbons (Fsp3) is 0.312. The molecule has 0 bridgehead atoms. The second kappa shape index (κ2) is 7.35. The second-order valence-corrected chi connectivity index (χ2v) is 6.25. The van der Waals surface area contributed by atoms with Crippen molar-refractivity contribution >= 4 is 27.7 Å². The van der Waals surface area contributed by atoms with Gasteiger partial charge in [-0.3, -0.25) is 15.2 Å². The maximum atomic E-state index is 12.4. The number of amides is 1. The summed E-state index contributed by atoms with van der Waals surface area (Å²) in [5, 5.41) is 1.76. The standard InChI is InChI=1S/C16H19BrN4O/c1-11(2)10-21(15-14(17)9-18-12(3)19-15)20-16(22)13-7-5-4-6-8-13/h4-9,11H,10H2,1-3H3,(H,20,22). The van der Waals surface area contributed by atoms with E-state index in [0.717, 1.165) is 4.47 Å². The van der Waals surface area contributed by atoms with Gasteiger partial charge in [0.2, 0.25) is 0 Å². The molecule has 0 aliphatic heterocycles. The molecule has 0 atom stereocenters. The minimum atomic E-state index is -0.163. The Morgan fingerprint density at radius 3 is 2.64 bits per heavy atom. The van der Waals surface area contributed by atoms with Crippen LogP contribution >= 0.6 is 15.9 Å². The van der Waals surface area contributed by atoms with Crippen LogP contribution < -0.4 is 10.4 Å². The van der Waals surface area contributed by atoms with E-state index in [2.05, 4.69) is 45.2 Å². The molecule has 0 saturated heterocycles. The molecule has 0 spiro atoms. The lowest BCUT2D eigenvalue weighted by molar-refractivity contribution is 0.0947. The highest BCUT2D eigenvalue weighted by Crippen LogP contribution is 2.22. The van der Waals surface area contributed by atoms with E-state index in [4.69, 9.17) is 0 Å². The average molecular weight is 363 g/mol. The van der Waals surface area contributed by atoms with Gasteiger partial charge >= 0.3 is 0 Å². The number of aromatic nitrogens is 2. The molecule has 1 aromatic carbocycles. The zero-order valence-electron chi connectivity index (χ0n) is 12.9. The van der Waals surface area contributed by atoms with Gasteiger partial charge in [-0.05, 0) is 40.9 Å². The number of hydrogen-bond acceptors (Lipinski definition) is 4. The number of carbonyl (C=O) groups is 1. The topological polar surface area (TPSA) is 58.1 Å². The van der Waals surface area contributed by atoms with E-state index >= 15 is 0 Å². The minimum absolute atomic E-state index is 0.163. The normalized spacial score (nSPS) is 10.6. The van der Waals surface area contributed by atoms with E-state index in [-0.39, 0.29) is 5.91 Å². The molecule has 0 saturated carbocycles. The van der Waals surface area contributed by atoms with Gasteiger partial charge < -0.3 is 0 Å². The van der Waals surface area contributed by atoms with Crippen molar-refractivity contribution < 1.29 is 4.79 Å². The summed E-state index contributed by atoms with van der Waals surface area (Å²) >= 11 is 3.45. The van der Waals surface area contributed by atoms with Gasteiger partial charge in [-0.2, -0.15) is 0 Å². The number of hydrazine groups is 1. The summed E-state index contributed by atoms with van der Waals surface area (Å²) in [5.41, 5.74) is 3.53. The van der Waals surface area contributed by atoms with Gasteiger partial charge in [0.25, 0.3) is 5.91 Å². The van der Waals surface area contributed by atoms with Crippen LogP contribution in [0.4, 0.5) is 5.82 Å². The fourth-order valence-electron chi connectivity index (χ4n) is 1.96. The van der Waals surface area contributed by atoms with E-state index in [1.54, 1.807) is 23.3 Å². The number of nitrogens with zero attached hydrogens (tertiary/aromatic N) is 3. The molecule has 0 unspecified atom stereocenters. The molecular weight excluding hydrogens is 344 g/mol. The number of hydrogen-bond donors (Lipinski definition) is 1. The minimum Gasteiger partial charge on any atom is -0.267 e. The first-order valence-electron chi connectivity index (χ1n) is 7.10. The molecule has 1 aromatic heterocycles. The smallest absolute Gasteiger partial charge is 0.267 e. The Kier molecular flexibility index (Phi) is 5.49. The van der Waals surface area contributed by atoms with Gasteiger partial charge in [-0.15, -0.1) is 0 Å². The molecule has 1 amide bonds. The highest BCUT2D eigenvalue weighted by molar-refractivity contribution is 9.10. The van der Waals surface area contributed by atoms with E-state index in [1.165, 1.54) is 0 Å². The van der Waals surface area contributed by atoms with Gasteiger partial charge in [0.15, 0.2) is 5.82 Å². The summed E-state index contributed by atoms with van der Waals surface area (Å²) in [6.45, 7) is 6.64. The monoisotopic (exact) mass is 362 g/mol. The van der Waals surface area contributed by atoms with Crippen LogP contribution in [0.1, 0.15) is 30.0 Å². The molecule has 0 radical (unpaired) electrons. The van der Waals surface area contributed by atoms with E-state index in [0.29, 0.717) is 29.7 Å². The zero-order valence-corrected chi connectivity index (χ0v) is 14.5. The molecule has 22 heavy (non-hydrogen) atoms. The molecule has 1 N–H and O–H groups in total. The Labute approximate surface area is 138 Å². The SMILES string of the molecule is Cc1ncc(Br)c(N(CC(C)C)NC(=O)c2ccccc2)n1. The van der Waals surface area contributed by atoms with Crippen LogP contribution in [0.15, 0.2) is 41.0 Å². The molecule has 2 aromatic rings. The molecule has 0 fully saturated rings. The van der Waals surface area contributed by atoms with Crippen molar-refractivity contribution in [1.82, 2.24) is 15.4 Å². The Hall–Kier alpha value is -1.95. The van der Waals surface area contributed by atoms with Crippen LogP contribution in [0.25, 0.3) is 0 Å². The van der Waals surface area contributed by atoms with Crippen LogP contribution in [-0.2, 0) is 0 Å². The highest BCUT2D eigenvalue weighted by atomic mass is 79.9. The molecule has 1 heterocycles. The lowest BCUT2D eigenvalue weighted by Gasteiger charge is -2.27. The largest absolute Gasteiger partial charge is 0.269 e. The lowest BCUT2D eigenvalue weighted by atomic mass is 10.2. The number of nitrogens with one attached hydrogen (secondary N) is 1. The van der Waals surface area contributed by atoms with Gasteiger partial charge in [-0.1, -0.05) is 32.0 Å². The quantitative estimate of drug-likeness (QED) is 0.828. The molecule has 116 valence electrons. The average Bonchev–Trinajstić information content (AvgIpc) is 2.49. The Bertz CT molecular complexity index is 646. The summed E-state index contributed by atoms with van der Waals surface area (Å²) in [6, 6.07) is 9.12. The van der Waals surface area contributed by atoms with Crippen molar-refractivity contribution in [3.05, 3.63) is 52.4 Å². The third kappa shape index (κ3) is 4.27. The lowest BCUT2D eigenvalue weighted by Crippen LogP contribution is -2.45. The van der Waals surface area contributed by atoms with Crippen LogP contribution in [-0.4, -0.2) is 22.4 Å². The van der Waals surface area contributed by atoms with Gasteiger partial charge in [0.05, 0.1) is 4.47 Å². The number of halogens is 1. The van der Waals surface area contributed by atoms with Crippen molar-refractivity contribution in [1.29, 1.82) is 0 Å². The van der Waals surface area contributed by atoms with E-state index in [9.17, 15) is 4.79 Å². The molecule has 0 aliphatic rings. The molecule has 5 nitrogen and oxygen atoms in total. The number of benzene rings is 1. The molecule has 0 aliphatic carbocycles. The second-order valence-electron chi connectivity index (χ2n) is 5.40. The third-order valence-corrected chi connectivity index (χ3v) is 3.48. The first kappa shape index (κ1) is 16.4. The van der Waals surface area contributed by atoms with E-state index < -0.39 is 0 Å². The van der Waals surface area contributed by atoms with Gasteiger partial charge in [0, 0.05) is 18.3 Å².